The first kappa shape index (κ1) is 17.6. The van der Waals surface area contributed by atoms with E-state index in [0.29, 0.717) is 11.7 Å². The maximum atomic E-state index is 12.5. The van der Waals surface area contributed by atoms with Gasteiger partial charge in [0.25, 0.3) is 0 Å². The van der Waals surface area contributed by atoms with Gasteiger partial charge in [0.1, 0.15) is 11.3 Å². The number of benzene rings is 1. The standard InChI is InChI=1S/C18H22N4O2S/c1-13(2)12-22-17(21-16-5-4-10-19-18(16)22)11-20-25(23,24)15-8-6-14(3)7-9-15/h4-10,13,20H,11-12H2,1-3H3. The van der Waals surface area contributed by atoms with Crippen molar-refractivity contribution in [1.29, 1.82) is 0 Å². The van der Waals surface area contributed by atoms with E-state index in [1.54, 1.807) is 30.5 Å². The quantitative estimate of drug-likeness (QED) is 0.735. The molecule has 3 rings (SSSR count). The molecule has 0 saturated carbocycles. The Morgan fingerprint density at radius 2 is 1.88 bits per heavy atom. The van der Waals surface area contributed by atoms with Crippen molar-refractivity contribution in [2.45, 2.75) is 38.8 Å². The van der Waals surface area contributed by atoms with Crippen LogP contribution in [0.5, 0.6) is 0 Å². The Hall–Kier alpha value is -2.25. The Morgan fingerprint density at radius 3 is 2.56 bits per heavy atom. The lowest BCUT2D eigenvalue weighted by Crippen LogP contribution is -2.25. The lowest BCUT2D eigenvalue weighted by molar-refractivity contribution is 0.510. The van der Waals surface area contributed by atoms with Gasteiger partial charge in [-0.1, -0.05) is 31.5 Å². The van der Waals surface area contributed by atoms with E-state index < -0.39 is 10.0 Å². The molecule has 0 fully saturated rings. The van der Waals surface area contributed by atoms with Crippen molar-refractivity contribution in [3.05, 3.63) is 54.0 Å². The van der Waals surface area contributed by atoms with Crippen LogP contribution in [0.25, 0.3) is 11.2 Å². The number of fused-ring (bicyclic) bond motifs is 1. The summed E-state index contributed by atoms with van der Waals surface area (Å²) >= 11 is 0. The van der Waals surface area contributed by atoms with Gasteiger partial charge in [0, 0.05) is 12.7 Å². The second-order valence-corrected chi connectivity index (χ2v) is 8.28. The summed E-state index contributed by atoms with van der Waals surface area (Å²) in [6.07, 6.45) is 1.72. The summed E-state index contributed by atoms with van der Waals surface area (Å²) in [4.78, 5) is 9.19. The van der Waals surface area contributed by atoms with Gasteiger partial charge in [0.2, 0.25) is 10.0 Å². The van der Waals surface area contributed by atoms with Crippen LogP contribution < -0.4 is 4.72 Å². The fourth-order valence-corrected chi connectivity index (χ4v) is 3.64. The van der Waals surface area contributed by atoms with Gasteiger partial charge in [-0.2, -0.15) is 0 Å². The number of nitrogens with one attached hydrogen (secondary N) is 1. The molecule has 7 heteroatoms. The molecule has 3 aromatic rings. The molecule has 2 aromatic heterocycles. The van der Waals surface area contributed by atoms with Crippen molar-refractivity contribution in [2.75, 3.05) is 0 Å². The van der Waals surface area contributed by atoms with Gasteiger partial charge < -0.3 is 4.57 Å². The molecule has 0 saturated heterocycles. The van der Waals surface area contributed by atoms with Crippen LogP contribution >= 0.6 is 0 Å². The summed E-state index contributed by atoms with van der Waals surface area (Å²) in [5, 5.41) is 0. The highest BCUT2D eigenvalue weighted by molar-refractivity contribution is 7.89. The van der Waals surface area contributed by atoms with E-state index in [2.05, 4.69) is 28.5 Å². The van der Waals surface area contributed by atoms with Crippen molar-refractivity contribution in [1.82, 2.24) is 19.3 Å². The Labute approximate surface area is 148 Å². The number of aryl methyl sites for hydroxylation is 1. The third-order valence-electron chi connectivity index (χ3n) is 3.88. The van der Waals surface area contributed by atoms with Gasteiger partial charge in [-0.15, -0.1) is 0 Å². The van der Waals surface area contributed by atoms with Crippen molar-refractivity contribution in [3.8, 4) is 0 Å². The number of sulfonamides is 1. The molecule has 1 aromatic carbocycles. The molecule has 6 nitrogen and oxygen atoms in total. The predicted octanol–water partition coefficient (Wildman–Crippen LogP) is 2.87. The van der Waals surface area contributed by atoms with Gasteiger partial charge in [-0.25, -0.2) is 23.1 Å². The fourth-order valence-electron chi connectivity index (χ4n) is 2.66. The Bertz CT molecular complexity index is 976. The highest BCUT2D eigenvalue weighted by atomic mass is 32.2. The molecule has 0 aliphatic rings. The Morgan fingerprint density at radius 1 is 1.16 bits per heavy atom. The first-order valence-electron chi connectivity index (χ1n) is 8.23. The second-order valence-electron chi connectivity index (χ2n) is 6.52. The molecule has 0 amide bonds. The molecule has 0 bridgehead atoms. The third-order valence-corrected chi connectivity index (χ3v) is 5.30. The predicted molar refractivity (Wildman–Crippen MR) is 97.6 cm³/mol. The van der Waals surface area contributed by atoms with E-state index >= 15 is 0 Å². The highest BCUT2D eigenvalue weighted by Gasteiger charge is 2.17. The van der Waals surface area contributed by atoms with E-state index in [-0.39, 0.29) is 11.4 Å². The number of hydrogen-bond donors (Lipinski definition) is 1. The number of hydrogen-bond acceptors (Lipinski definition) is 4. The fraction of sp³-hybridized carbons (Fsp3) is 0.333. The van der Waals surface area contributed by atoms with Crippen molar-refractivity contribution in [3.63, 3.8) is 0 Å². The van der Waals surface area contributed by atoms with Crippen molar-refractivity contribution < 1.29 is 8.42 Å². The molecular formula is C18H22N4O2S. The van der Waals surface area contributed by atoms with Gasteiger partial charge in [-0.05, 0) is 37.1 Å². The largest absolute Gasteiger partial charge is 0.311 e. The summed E-state index contributed by atoms with van der Waals surface area (Å²) in [6.45, 7) is 6.99. The monoisotopic (exact) mass is 358 g/mol. The van der Waals surface area contributed by atoms with Gasteiger partial charge >= 0.3 is 0 Å². The van der Waals surface area contributed by atoms with Crippen LogP contribution in [0.3, 0.4) is 0 Å². The van der Waals surface area contributed by atoms with E-state index in [4.69, 9.17) is 0 Å². The summed E-state index contributed by atoms with van der Waals surface area (Å²) < 4.78 is 29.6. The van der Waals surface area contributed by atoms with Crippen LogP contribution in [0.2, 0.25) is 0 Å². The maximum absolute atomic E-state index is 12.5. The Balaban J connectivity index is 1.88. The molecule has 0 aliphatic carbocycles. The van der Waals surface area contributed by atoms with E-state index in [1.165, 1.54) is 0 Å². The van der Waals surface area contributed by atoms with Crippen LogP contribution in [-0.2, 0) is 23.1 Å². The molecular weight excluding hydrogens is 336 g/mol. The number of pyridine rings is 1. The number of aromatic nitrogens is 3. The highest BCUT2D eigenvalue weighted by Crippen LogP contribution is 2.17. The van der Waals surface area contributed by atoms with Gasteiger partial charge in [-0.3, -0.25) is 0 Å². The number of rotatable bonds is 6. The van der Waals surface area contributed by atoms with Crippen LogP contribution in [0.1, 0.15) is 25.2 Å². The summed E-state index contributed by atoms with van der Waals surface area (Å²) in [7, 11) is -3.58. The van der Waals surface area contributed by atoms with Crippen LogP contribution in [-0.4, -0.2) is 23.0 Å². The van der Waals surface area contributed by atoms with E-state index in [1.807, 2.05) is 23.6 Å². The zero-order chi connectivity index (χ0) is 18.0. The molecule has 0 spiro atoms. The van der Waals surface area contributed by atoms with Crippen molar-refractivity contribution >= 4 is 21.2 Å². The van der Waals surface area contributed by atoms with Gasteiger partial charge in [0.15, 0.2) is 5.65 Å². The van der Waals surface area contributed by atoms with E-state index in [0.717, 1.165) is 23.3 Å². The molecule has 25 heavy (non-hydrogen) atoms. The minimum Gasteiger partial charge on any atom is -0.311 e. The summed E-state index contributed by atoms with van der Waals surface area (Å²) in [6, 6.07) is 10.5. The molecule has 132 valence electrons. The molecule has 0 radical (unpaired) electrons. The smallest absolute Gasteiger partial charge is 0.240 e. The lowest BCUT2D eigenvalue weighted by Gasteiger charge is -2.12. The maximum Gasteiger partial charge on any atom is 0.240 e. The summed E-state index contributed by atoms with van der Waals surface area (Å²) in [5.74, 6) is 1.06. The minimum atomic E-state index is -3.58. The van der Waals surface area contributed by atoms with Crippen LogP contribution in [0.4, 0.5) is 0 Å². The third kappa shape index (κ3) is 3.88. The Kier molecular flexibility index (Phi) is 4.87. The average Bonchev–Trinajstić information content (AvgIpc) is 2.91. The lowest BCUT2D eigenvalue weighted by atomic mass is 10.2. The second kappa shape index (κ2) is 6.93. The zero-order valence-electron chi connectivity index (χ0n) is 14.6. The van der Waals surface area contributed by atoms with Crippen LogP contribution in [0, 0.1) is 12.8 Å². The molecule has 0 atom stereocenters. The number of nitrogens with zero attached hydrogens (tertiary/aromatic N) is 3. The number of imidazole rings is 1. The normalized spacial score (nSPS) is 12.2. The minimum absolute atomic E-state index is 0.124. The molecule has 0 aliphatic heterocycles. The molecule has 0 unspecified atom stereocenters. The summed E-state index contributed by atoms with van der Waals surface area (Å²) in [5.41, 5.74) is 2.57. The molecule has 1 N–H and O–H groups in total. The topological polar surface area (TPSA) is 76.9 Å². The average molecular weight is 358 g/mol. The first-order valence-corrected chi connectivity index (χ1v) is 9.71. The van der Waals surface area contributed by atoms with Gasteiger partial charge in [0.05, 0.1) is 11.4 Å². The SMILES string of the molecule is Cc1ccc(S(=O)(=O)NCc2nc3cccnc3n2CC(C)C)cc1. The van der Waals surface area contributed by atoms with Crippen LogP contribution in [0.15, 0.2) is 47.5 Å². The van der Waals surface area contributed by atoms with Crippen molar-refractivity contribution in [2.24, 2.45) is 5.92 Å². The first-order chi connectivity index (χ1) is 11.9. The van der Waals surface area contributed by atoms with E-state index in [9.17, 15) is 8.42 Å². The zero-order valence-corrected chi connectivity index (χ0v) is 15.4. The molecule has 2 heterocycles.